The predicted octanol–water partition coefficient (Wildman–Crippen LogP) is 3.64. The molecular formula is C24H22F2N6O3. The van der Waals surface area contributed by atoms with Crippen LogP contribution in [0.25, 0.3) is 0 Å². The van der Waals surface area contributed by atoms with Crippen molar-refractivity contribution in [1.82, 2.24) is 15.0 Å². The molecule has 0 spiro atoms. The molecule has 1 aromatic carbocycles. The van der Waals surface area contributed by atoms with Crippen molar-refractivity contribution < 1.29 is 23.0 Å². The first kappa shape index (κ1) is 23.8. The number of hydrogen-bond donors (Lipinski definition) is 1. The Labute approximate surface area is 200 Å². The number of nitrogens with zero attached hydrogens (tertiary/aromatic N) is 5. The Hall–Kier alpha value is -4.33. The van der Waals surface area contributed by atoms with Gasteiger partial charge in [0.05, 0.1) is 13.3 Å². The van der Waals surface area contributed by atoms with Gasteiger partial charge >= 0.3 is 0 Å². The van der Waals surface area contributed by atoms with E-state index in [2.05, 4.69) is 20.3 Å². The lowest BCUT2D eigenvalue weighted by molar-refractivity contribution is 0.102. The Bertz CT molecular complexity index is 1290. The van der Waals surface area contributed by atoms with Crippen LogP contribution in [-0.2, 0) is 0 Å². The number of methoxy groups -OCH3 is 1. The molecule has 0 atom stereocenters. The molecule has 11 heteroatoms. The number of pyridine rings is 1. The SMILES string of the molecule is COc1nc(C)ccc1C(=O)Nc1cnc(C#N)nc1N1CCC(Oc2ccc(F)cc2F)CC1. The zero-order valence-corrected chi connectivity index (χ0v) is 19.1. The van der Waals surface area contributed by atoms with Crippen LogP contribution in [0.1, 0.15) is 34.7 Å². The van der Waals surface area contributed by atoms with Gasteiger partial charge in [-0.05, 0) is 31.2 Å². The Balaban J connectivity index is 1.50. The van der Waals surface area contributed by atoms with Crippen molar-refractivity contribution in [2.45, 2.75) is 25.9 Å². The van der Waals surface area contributed by atoms with Crippen LogP contribution < -0.4 is 19.7 Å². The van der Waals surface area contributed by atoms with Crippen molar-refractivity contribution in [1.29, 1.82) is 5.26 Å². The number of hydrogen-bond acceptors (Lipinski definition) is 8. The Morgan fingerprint density at radius 1 is 1.20 bits per heavy atom. The molecule has 1 N–H and O–H groups in total. The molecule has 1 aliphatic heterocycles. The molecule has 35 heavy (non-hydrogen) atoms. The molecule has 0 radical (unpaired) electrons. The van der Waals surface area contributed by atoms with Crippen molar-refractivity contribution >= 4 is 17.4 Å². The number of halogens is 2. The molecule has 0 aliphatic carbocycles. The summed E-state index contributed by atoms with van der Waals surface area (Å²) in [6, 6.07) is 8.40. The van der Waals surface area contributed by atoms with Gasteiger partial charge in [-0.15, -0.1) is 0 Å². The van der Waals surface area contributed by atoms with Crippen LogP contribution in [0.4, 0.5) is 20.3 Å². The Morgan fingerprint density at radius 2 is 1.97 bits per heavy atom. The normalized spacial score (nSPS) is 13.7. The molecule has 180 valence electrons. The van der Waals surface area contributed by atoms with Crippen molar-refractivity contribution in [3.8, 4) is 17.7 Å². The maximum absolute atomic E-state index is 13.9. The molecular weight excluding hydrogens is 458 g/mol. The van der Waals surface area contributed by atoms with E-state index < -0.39 is 17.5 Å². The minimum atomic E-state index is -0.757. The number of benzene rings is 1. The lowest BCUT2D eigenvalue weighted by Gasteiger charge is -2.33. The first-order valence-electron chi connectivity index (χ1n) is 10.8. The van der Waals surface area contributed by atoms with E-state index in [1.807, 2.05) is 11.0 Å². The van der Waals surface area contributed by atoms with Gasteiger partial charge in [0, 0.05) is 37.7 Å². The highest BCUT2D eigenvalue weighted by molar-refractivity contribution is 6.07. The van der Waals surface area contributed by atoms with Crippen molar-refractivity contribution in [3.63, 3.8) is 0 Å². The van der Waals surface area contributed by atoms with Crippen LogP contribution in [0.2, 0.25) is 0 Å². The largest absolute Gasteiger partial charge is 0.487 e. The highest BCUT2D eigenvalue weighted by Gasteiger charge is 2.26. The second-order valence-electron chi connectivity index (χ2n) is 7.89. The summed E-state index contributed by atoms with van der Waals surface area (Å²) >= 11 is 0. The quantitative estimate of drug-likeness (QED) is 0.569. The number of nitriles is 1. The molecule has 2 aromatic heterocycles. The Kier molecular flexibility index (Phi) is 7.01. The topological polar surface area (TPSA) is 113 Å². The van der Waals surface area contributed by atoms with E-state index >= 15 is 0 Å². The number of anilines is 2. The fourth-order valence-corrected chi connectivity index (χ4v) is 3.74. The fraction of sp³-hybridized carbons (Fsp3) is 0.292. The molecule has 1 aliphatic rings. The number of amides is 1. The van der Waals surface area contributed by atoms with Gasteiger partial charge in [-0.25, -0.2) is 18.7 Å². The van der Waals surface area contributed by atoms with E-state index in [9.17, 15) is 18.8 Å². The lowest BCUT2D eigenvalue weighted by Crippen LogP contribution is -2.39. The molecule has 4 rings (SSSR count). The molecule has 0 saturated carbocycles. The molecule has 1 fully saturated rings. The predicted molar refractivity (Wildman–Crippen MR) is 122 cm³/mol. The standard InChI is InChI=1S/C24H22F2N6O3/c1-14-3-5-17(24(29-14)34-2)23(33)30-19-13-28-21(12-27)31-22(19)32-9-7-16(8-10-32)35-20-6-4-15(25)11-18(20)26/h3-6,11,13,16H,7-10H2,1-2H3,(H,30,33). The maximum atomic E-state index is 13.9. The van der Waals surface area contributed by atoms with Gasteiger partial charge in [-0.2, -0.15) is 10.2 Å². The van der Waals surface area contributed by atoms with Crippen LogP contribution in [0.3, 0.4) is 0 Å². The van der Waals surface area contributed by atoms with E-state index in [0.717, 1.165) is 12.1 Å². The number of rotatable bonds is 6. The van der Waals surface area contributed by atoms with Crippen LogP contribution in [-0.4, -0.2) is 47.2 Å². The summed E-state index contributed by atoms with van der Waals surface area (Å²) in [5.74, 6) is -1.37. The Morgan fingerprint density at radius 3 is 2.66 bits per heavy atom. The van der Waals surface area contributed by atoms with Crippen LogP contribution >= 0.6 is 0 Å². The molecule has 3 aromatic rings. The number of aryl methyl sites for hydroxylation is 1. The number of ether oxygens (including phenoxy) is 2. The summed E-state index contributed by atoms with van der Waals surface area (Å²) in [6.07, 6.45) is 2.13. The summed E-state index contributed by atoms with van der Waals surface area (Å²) in [5.41, 5.74) is 1.26. The second-order valence-corrected chi connectivity index (χ2v) is 7.89. The number of piperidine rings is 1. The van der Waals surface area contributed by atoms with E-state index in [0.29, 0.717) is 43.1 Å². The van der Waals surface area contributed by atoms with E-state index in [1.165, 1.54) is 19.4 Å². The van der Waals surface area contributed by atoms with Crippen LogP contribution in [0.15, 0.2) is 36.5 Å². The maximum Gasteiger partial charge on any atom is 0.261 e. The van der Waals surface area contributed by atoms with E-state index in [4.69, 9.17) is 9.47 Å². The molecule has 0 unspecified atom stereocenters. The van der Waals surface area contributed by atoms with Gasteiger partial charge in [0.25, 0.3) is 5.91 Å². The summed E-state index contributed by atoms with van der Waals surface area (Å²) in [5, 5.41) is 12.1. The fourth-order valence-electron chi connectivity index (χ4n) is 3.74. The molecule has 0 bridgehead atoms. The third-order valence-corrected chi connectivity index (χ3v) is 5.48. The lowest BCUT2D eigenvalue weighted by atomic mass is 10.1. The number of carbonyl (C=O) groups excluding carboxylic acids is 1. The zero-order chi connectivity index (χ0) is 24.9. The molecule has 9 nitrogen and oxygen atoms in total. The third-order valence-electron chi connectivity index (χ3n) is 5.48. The van der Waals surface area contributed by atoms with Gasteiger partial charge in [0.15, 0.2) is 17.4 Å². The average Bonchev–Trinajstić information content (AvgIpc) is 2.86. The molecule has 3 heterocycles. The van der Waals surface area contributed by atoms with Crippen molar-refractivity contribution in [2.24, 2.45) is 0 Å². The molecule has 1 amide bonds. The van der Waals surface area contributed by atoms with Crippen LogP contribution in [0, 0.1) is 29.9 Å². The monoisotopic (exact) mass is 480 g/mol. The van der Waals surface area contributed by atoms with Crippen molar-refractivity contribution in [3.05, 3.63) is 65.2 Å². The summed E-state index contributed by atoms with van der Waals surface area (Å²) in [4.78, 5) is 27.4. The summed E-state index contributed by atoms with van der Waals surface area (Å²) in [7, 11) is 1.43. The second kappa shape index (κ2) is 10.3. The summed E-state index contributed by atoms with van der Waals surface area (Å²) < 4.78 is 38.0. The van der Waals surface area contributed by atoms with Gasteiger partial charge in [0.1, 0.15) is 29.2 Å². The summed E-state index contributed by atoms with van der Waals surface area (Å²) in [6.45, 7) is 2.72. The third kappa shape index (κ3) is 5.43. The minimum absolute atomic E-state index is 0.00717. The smallest absolute Gasteiger partial charge is 0.261 e. The minimum Gasteiger partial charge on any atom is -0.487 e. The van der Waals surface area contributed by atoms with Crippen molar-refractivity contribution in [2.75, 3.05) is 30.4 Å². The van der Waals surface area contributed by atoms with E-state index in [1.54, 1.807) is 19.1 Å². The number of aromatic nitrogens is 3. The highest BCUT2D eigenvalue weighted by Crippen LogP contribution is 2.29. The van der Waals surface area contributed by atoms with Gasteiger partial charge in [-0.3, -0.25) is 4.79 Å². The van der Waals surface area contributed by atoms with Gasteiger partial charge in [0.2, 0.25) is 11.7 Å². The highest BCUT2D eigenvalue weighted by atomic mass is 19.1. The average molecular weight is 480 g/mol. The zero-order valence-electron chi connectivity index (χ0n) is 19.1. The van der Waals surface area contributed by atoms with E-state index in [-0.39, 0.29) is 29.1 Å². The molecule has 1 saturated heterocycles. The number of carbonyl (C=O) groups is 1. The first-order valence-corrected chi connectivity index (χ1v) is 10.8. The van der Waals surface area contributed by atoms with Gasteiger partial charge in [-0.1, -0.05) is 0 Å². The van der Waals surface area contributed by atoms with Crippen LogP contribution in [0.5, 0.6) is 11.6 Å². The number of nitrogens with one attached hydrogen (secondary N) is 1. The first-order chi connectivity index (χ1) is 16.9. The van der Waals surface area contributed by atoms with Gasteiger partial charge < -0.3 is 19.7 Å².